The second-order valence-electron chi connectivity index (χ2n) is 4.04. The van der Waals surface area contributed by atoms with Gasteiger partial charge in [-0.3, -0.25) is 0 Å². The predicted octanol–water partition coefficient (Wildman–Crippen LogP) is 1.72. The van der Waals surface area contributed by atoms with E-state index in [4.69, 9.17) is 4.74 Å². The van der Waals surface area contributed by atoms with Crippen LogP contribution in [0.15, 0.2) is 17.6 Å². The minimum absolute atomic E-state index is 0. The molecule has 1 unspecified atom stereocenters. The summed E-state index contributed by atoms with van der Waals surface area (Å²) >= 11 is 0. The fourth-order valence-electron chi connectivity index (χ4n) is 1.97. The molecule has 1 fully saturated rings. The van der Waals surface area contributed by atoms with Gasteiger partial charge in [0.25, 0.3) is 0 Å². The molecule has 0 aromatic heterocycles. The third-order valence-corrected chi connectivity index (χ3v) is 2.69. The zero-order chi connectivity index (χ0) is 11.8. The van der Waals surface area contributed by atoms with Gasteiger partial charge in [0.15, 0.2) is 5.96 Å². The van der Waals surface area contributed by atoms with Crippen molar-refractivity contribution in [2.75, 3.05) is 39.9 Å². The third-order valence-electron chi connectivity index (χ3n) is 2.69. The first kappa shape index (κ1) is 16.7. The molecule has 0 saturated carbocycles. The Balaban J connectivity index is 0.00000256. The Bertz CT molecular complexity index is 246. The average molecular weight is 353 g/mol. The van der Waals surface area contributed by atoms with Gasteiger partial charge < -0.3 is 15.0 Å². The molecule has 1 rings (SSSR count). The second-order valence-corrected chi connectivity index (χ2v) is 4.04. The highest BCUT2D eigenvalue weighted by molar-refractivity contribution is 14.0. The van der Waals surface area contributed by atoms with Crippen molar-refractivity contribution in [2.24, 2.45) is 10.9 Å². The predicted molar refractivity (Wildman–Crippen MR) is 83.1 cm³/mol. The smallest absolute Gasteiger partial charge is 0.194 e. The van der Waals surface area contributed by atoms with Gasteiger partial charge in [0, 0.05) is 32.7 Å². The highest BCUT2D eigenvalue weighted by Gasteiger charge is 2.24. The number of guanidine groups is 1. The molecule has 1 heterocycles. The van der Waals surface area contributed by atoms with Gasteiger partial charge in [-0.2, -0.15) is 0 Å². The van der Waals surface area contributed by atoms with E-state index in [0.29, 0.717) is 12.5 Å². The topological polar surface area (TPSA) is 36.9 Å². The first-order chi connectivity index (χ1) is 7.81. The SMILES string of the molecule is C=CCN=C(NCC)N1CCC(COC)C1.I. The number of hydrogen-bond acceptors (Lipinski definition) is 2. The average Bonchev–Trinajstić information content (AvgIpc) is 2.73. The Labute approximate surface area is 122 Å². The molecule has 1 atom stereocenters. The molecule has 1 N–H and O–H groups in total. The first-order valence-electron chi connectivity index (χ1n) is 5.94. The molecule has 4 nitrogen and oxygen atoms in total. The summed E-state index contributed by atoms with van der Waals surface area (Å²) in [6, 6.07) is 0. The van der Waals surface area contributed by atoms with Crippen LogP contribution in [0.5, 0.6) is 0 Å². The lowest BCUT2D eigenvalue weighted by molar-refractivity contribution is 0.157. The van der Waals surface area contributed by atoms with Gasteiger partial charge in [0.05, 0.1) is 13.2 Å². The maximum atomic E-state index is 5.19. The maximum absolute atomic E-state index is 5.19. The van der Waals surface area contributed by atoms with Gasteiger partial charge >= 0.3 is 0 Å². The van der Waals surface area contributed by atoms with Crippen LogP contribution in [0, 0.1) is 5.92 Å². The van der Waals surface area contributed by atoms with E-state index in [0.717, 1.165) is 32.2 Å². The van der Waals surface area contributed by atoms with E-state index in [-0.39, 0.29) is 24.0 Å². The second kappa shape index (κ2) is 9.70. The Kier molecular flexibility index (Phi) is 9.53. The minimum atomic E-state index is 0. The standard InChI is InChI=1S/C12H23N3O.HI/c1-4-7-14-12(13-5-2)15-8-6-11(9-15)10-16-3;/h4,11H,1,5-10H2,2-3H3,(H,13,14);1H. The van der Waals surface area contributed by atoms with E-state index < -0.39 is 0 Å². The number of likely N-dealkylation sites (tertiary alicyclic amines) is 1. The summed E-state index contributed by atoms with van der Waals surface area (Å²) < 4.78 is 5.19. The van der Waals surface area contributed by atoms with Crippen molar-refractivity contribution in [3.05, 3.63) is 12.7 Å². The summed E-state index contributed by atoms with van der Waals surface area (Å²) in [5.74, 6) is 1.64. The van der Waals surface area contributed by atoms with Crippen molar-refractivity contribution < 1.29 is 4.74 Å². The normalized spacial score (nSPS) is 20.0. The Morgan fingerprint density at radius 1 is 1.65 bits per heavy atom. The fourth-order valence-corrected chi connectivity index (χ4v) is 1.97. The summed E-state index contributed by atoms with van der Waals surface area (Å²) in [4.78, 5) is 6.78. The maximum Gasteiger partial charge on any atom is 0.194 e. The van der Waals surface area contributed by atoms with Crippen LogP contribution in [0.2, 0.25) is 0 Å². The van der Waals surface area contributed by atoms with Crippen LogP contribution in [-0.2, 0) is 4.74 Å². The van der Waals surface area contributed by atoms with Crippen molar-refractivity contribution in [1.82, 2.24) is 10.2 Å². The van der Waals surface area contributed by atoms with Crippen LogP contribution < -0.4 is 5.32 Å². The molecule has 0 bridgehead atoms. The number of nitrogens with one attached hydrogen (secondary N) is 1. The third kappa shape index (κ3) is 5.72. The van der Waals surface area contributed by atoms with E-state index in [1.807, 2.05) is 6.08 Å². The van der Waals surface area contributed by atoms with Crippen LogP contribution in [0.1, 0.15) is 13.3 Å². The molecule has 17 heavy (non-hydrogen) atoms. The molecule has 0 spiro atoms. The zero-order valence-corrected chi connectivity index (χ0v) is 13.1. The minimum Gasteiger partial charge on any atom is -0.384 e. The fraction of sp³-hybridized carbons (Fsp3) is 0.750. The van der Waals surface area contributed by atoms with E-state index in [1.165, 1.54) is 6.42 Å². The van der Waals surface area contributed by atoms with Gasteiger partial charge in [-0.15, -0.1) is 30.6 Å². The Hall–Kier alpha value is -0.300. The number of hydrogen-bond donors (Lipinski definition) is 1. The lowest BCUT2D eigenvalue weighted by atomic mass is 10.1. The molecule has 0 amide bonds. The molecule has 1 saturated heterocycles. The van der Waals surface area contributed by atoms with E-state index >= 15 is 0 Å². The van der Waals surface area contributed by atoms with Crippen LogP contribution in [0.4, 0.5) is 0 Å². The quantitative estimate of drug-likeness (QED) is 0.354. The van der Waals surface area contributed by atoms with Gasteiger partial charge in [-0.25, -0.2) is 4.99 Å². The summed E-state index contributed by atoms with van der Waals surface area (Å²) in [5, 5.41) is 3.31. The van der Waals surface area contributed by atoms with Crippen molar-refractivity contribution in [1.29, 1.82) is 0 Å². The zero-order valence-electron chi connectivity index (χ0n) is 10.8. The molecule has 1 aliphatic rings. The lowest BCUT2D eigenvalue weighted by Crippen LogP contribution is -2.40. The van der Waals surface area contributed by atoms with Crippen molar-refractivity contribution >= 4 is 29.9 Å². The van der Waals surface area contributed by atoms with Gasteiger partial charge in [0.2, 0.25) is 0 Å². The highest BCUT2D eigenvalue weighted by atomic mass is 127. The molecular formula is C12H24IN3O. The molecule has 100 valence electrons. The summed E-state index contributed by atoms with van der Waals surface area (Å²) in [7, 11) is 1.76. The summed E-state index contributed by atoms with van der Waals surface area (Å²) in [6.07, 6.45) is 3.01. The van der Waals surface area contributed by atoms with Crippen LogP contribution in [0.25, 0.3) is 0 Å². The number of halogens is 1. The molecular weight excluding hydrogens is 329 g/mol. The Morgan fingerprint density at radius 2 is 2.41 bits per heavy atom. The summed E-state index contributed by atoms with van der Waals surface area (Å²) in [5.41, 5.74) is 0. The van der Waals surface area contributed by atoms with Gasteiger partial charge in [-0.05, 0) is 13.3 Å². The molecule has 5 heteroatoms. The summed E-state index contributed by atoms with van der Waals surface area (Å²) in [6.45, 7) is 10.3. The number of aliphatic imine (C=N–C) groups is 1. The Morgan fingerprint density at radius 3 is 3.00 bits per heavy atom. The van der Waals surface area contributed by atoms with E-state index in [9.17, 15) is 0 Å². The molecule has 1 aliphatic heterocycles. The number of rotatable bonds is 5. The number of methoxy groups -OCH3 is 1. The molecule has 0 aromatic rings. The van der Waals surface area contributed by atoms with Gasteiger partial charge in [0.1, 0.15) is 0 Å². The van der Waals surface area contributed by atoms with Crippen LogP contribution in [0.3, 0.4) is 0 Å². The number of nitrogens with zero attached hydrogens (tertiary/aromatic N) is 2. The molecule has 0 radical (unpaired) electrons. The first-order valence-corrected chi connectivity index (χ1v) is 5.94. The van der Waals surface area contributed by atoms with E-state index in [2.05, 4.69) is 28.7 Å². The van der Waals surface area contributed by atoms with Crippen LogP contribution >= 0.6 is 24.0 Å². The van der Waals surface area contributed by atoms with Gasteiger partial charge in [-0.1, -0.05) is 6.08 Å². The van der Waals surface area contributed by atoms with E-state index in [1.54, 1.807) is 7.11 Å². The monoisotopic (exact) mass is 353 g/mol. The highest BCUT2D eigenvalue weighted by Crippen LogP contribution is 2.16. The molecule has 0 aliphatic carbocycles. The largest absolute Gasteiger partial charge is 0.384 e. The van der Waals surface area contributed by atoms with Crippen LogP contribution in [-0.4, -0.2) is 50.8 Å². The van der Waals surface area contributed by atoms with Crippen molar-refractivity contribution in [3.63, 3.8) is 0 Å². The van der Waals surface area contributed by atoms with Crippen molar-refractivity contribution in [3.8, 4) is 0 Å². The number of ether oxygens (including phenoxy) is 1. The lowest BCUT2D eigenvalue weighted by Gasteiger charge is -2.21. The van der Waals surface area contributed by atoms with Crippen molar-refractivity contribution in [2.45, 2.75) is 13.3 Å². The molecule has 0 aromatic carbocycles.